The van der Waals surface area contributed by atoms with E-state index in [9.17, 15) is 9.59 Å². The fourth-order valence-electron chi connectivity index (χ4n) is 5.12. The van der Waals surface area contributed by atoms with Crippen LogP contribution in [0.3, 0.4) is 0 Å². The molecule has 0 aliphatic carbocycles. The van der Waals surface area contributed by atoms with Gasteiger partial charge in [-0.05, 0) is 73.6 Å². The quantitative estimate of drug-likeness (QED) is 0.323. The third-order valence-electron chi connectivity index (χ3n) is 7.78. The third-order valence-corrected chi connectivity index (χ3v) is 7.78. The van der Waals surface area contributed by atoms with Crippen molar-refractivity contribution >= 4 is 22.9 Å². The van der Waals surface area contributed by atoms with E-state index in [1.54, 1.807) is 0 Å². The summed E-state index contributed by atoms with van der Waals surface area (Å²) in [6.45, 7) is 8.01. The summed E-state index contributed by atoms with van der Waals surface area (Å²) >= 11 is 0. The predicted molar refractivity (Wildman–Crippen MR) is 150 cm³/mol. The van der Waals surface area contributed by atoms with Crippen LogP contribution in [0.1, 0.15) is 53.7 Å². The van der Waals surface area contributed by atoms with Gasteiger partial charge in [0.25, 0.3) is 5.91 Å². The fraction of sp³-hybridized carbons (Fsp3) is 0.344. The second-order valence-corrected chi connectivity index (χ2v) is 10.4. The van der Waals surface area contributed by atoms with Crippen molar-refractivity contribution in [3.05, 3.63) is 89.0 Å². The van der Waals surface area contributed by atoms with E-state index in [0.717, 1.165) is 30.4 Å². The van der Waals surface area contributed by atoms with Crippen molar-refractivity contribution in [2.75, 3.05) is 13.1 Å². The topological polar surface area (TPSA) is 75.4 Å². The average molecular weight is 510 g/mol. The van der Waals surface area contributed by atoms with Crippen molar-refractivity contribution < 1.29 is 14.0 Å². The number of nitrogens with one attached hydrogen (secondary N) is 1. The molecular weight excluding hydrogens is 474 g/mol. The van der Waals surface area contributed by atoms with Gasteiger partial charge in [0.1, 0.15) is 5.52 Å². The number of piperidine rings is 1. The first-order valence-electron chi connectivity index (χ1n) is 13.5. The van der Waals surface area contributed by atoms with Gasteiger partial charge in [-0.1, -0.05) is 55.8 Å². The number of rotatable bonds is 7. The molecule has 0 unspecified atom stereocenters. The molecule has 1 aromatic heterocycles. The number of benzene rings is 3. The molecule has 1 fully saturated rings. The van der Waals surface area contributed by atoms with Crippen molar-refractivity contribution in [2.24, 2.45) is 11.8 Å². The van der Waals surface area contributed by atoms with Crippen molar-refractivity contribution in [1.82, 2.24) is 15.2 Å². The standard InChI is InChI=1S/C32H35N3O3/c1-4-23-7-9-24(10-8-23)20-33-30(36)22(3)25-15-17-35(18-16-25)32(37)27-13-14-29-28(19-27)34-31(38-29)26-11-5-21(2)6-12-26/h5-14,19,22,25H,4,15-18,20H2,1-3H3,(H,33,36)/t22-/m1/s1. The monoisotopic (exact) mass is 509 g/mol. The molecule has 2 heterocycles. The minimum absolute atomic E-state index is 0.00198. The van der Waals surface area contributed by atoms with Gasteiger partial charge in [-0.2, -0.15) is 0 Å². The van der Waals surface area contributed by atoms with Gasteiger partial charge < -0.3 is 14.6 Å². The number of carbonyl (C=O) groups is 2. The summed E-state index contributed by atoms with van der Waals surface area (Å²) < 4.78 is 5.92. The Morgan fingerprint density at radius 3 is 2.37 bits per heavy atom. The van der Waals surface area contributed by atoms with Gasteiger partial charge in [0, 0.05) is 36.7 Å². The molecule has 0 saturated carbocycles. The number of aryl methyl sites for hydroxylation is 2. The first kappa shape index (κ1) is 25.7. The Balaban J connectivity index is 1.16. The molecule has 1 saturated heterocycles. The van der Waals surface area contributed by atoms with E-state index in [-0.39, 0.29) is 23.7 Å². The van der Waals surface area contributed by atoms with E-state index >= 15 is 0 Å². The molecule has 6 heteroatoms. The Kier molecular flexibility index (Phi) is 7.59. The van der Waals surface area contributed by atoms with E-state index in [1.165, 1.54) is 11.1 Å². The number of hydrogen-bond acceptors (Lipinski definition) is 4. The lowest BCUT2D eigenvalue weighted by Gasteiger charge is -2.34. The van der Waals surface area contributed by atoms with Crippen molar-refractivity contribution in [3.63, 3.8) is 0 Å². The zero-order chi connectivity index (χ0) is 26.6. The highest BCUT2D eigenvalue weighted by Crippen LogP contribution is 2.28. The molecule has 38 heavy (non-hydrogen) atoms. The fourth-order valence-corrected chi connectivity index (χ4v) is 5.12. The van der Waals surface area contributed by atoms with Crippen LogP contribution in [0.25, 0.3) is 22.6 Å². The van der Waals surface area contributed by atoms with Crippen molar-refractivity contribution in [2.45, 2.75) is 46.6 Å². The van der Waals surface area contributed by atoms with Gasteiger partial charge in [-0.25, -0.2) is 4.98 Å². The minimum Gasteiger partial charge on any atom is -0.436 e. The van der Waals surface area contributed by atoms with Gasteiger partial charge in [-0.15, -0.1) is 0 Å². The predicted octanol–water partition coefficient (Wildman–Crippen LogP) is 6.17. The van der Waals surface area contributed by atoms with Crippen LogP contribution in [0.4, 0.5) is 0 Å². The molecule has 196 valence electrons. The van der Waals surface area contributed by atoms with E-state index in [0.29, 0.717) is 42.2 Å². The smallest absolute Gasteiger partial charge is 0.253 e. The molecule has 6 nitrogen and oxygen atoms in total. The lowest BCUT2D eigenvalue weighted by molar-refractivity contribution is -0.126. The number of carbonyl (C=O) groups excluding carboxylic acids is 2. The second kappa shape index (κ2) is 11.2. The summed E-state index contributed by atoms with van der Waals surface area (Å²) in [7, 11) is 0. The van der Waals surface area contributed by atoms with Crippen LogP contribution in [-0.2, 0) is 17.8 Å². The Labute approximate surface area is 224 Å². The van der Waals surface area contributed by atoms with Gasteiger partial charge in [0.2, 0.25) is 11.8 Å². The molecule has 2 amide bonds. The number of amides is 2. The highest BCUT2D eigenvalue weighted by molar-refractivity contribution is 5.97. The Morgan fingerprint density at radius 1 is 1.00 bits per heavy atom. The van der Waals surface area contributed by atoms with Gasteiger partial charge in [0.05, 0.1) is 0 Å². The van der Waals surface area contributed by atoms with Crippen molar-refractivity contribution in [1.29, 1.82) is 0 Å². The molecule has 0 radical (unpaired) electrons. The number of aromatic nitrogens is 1. The van der Waals surface area contributed by atoms with Gasteiger partial charge in [0.15, 0.2) is 5.58 Å². The van der Waals surface area contributed by atoms with Crippen molar-refractivity contribution in [3.8, 4) is 11.5 Å². The van der Waals surface area contributed by atoms with Crippen LogP contribution < -0.4 is 5.32 Å². The highest BCUT2D eigenvalue weighted by atomic mass is 16.3. The van der Waals surface area contributed by atoms with Gasteiger partial charge >= 0.3 is 0 Å². The molecular formula is C32H35N3O3. The molecule has 3 aromatic carbocycles. The van der Waals surface area contributed by atoms with Crippen LogP contribution in [0.5, 0.6) is 0 Å². The SMILES string of the molecule is CCc1ccc(CNC(=O)[C@H](C)C2CCN(C(=O)c3ccc4oc(-c5ccc(C)cc5)nc4c3)CC2)cc1. The number of fused-ring (bicyclic) bond motifs is 1. The van der Waals surface area contributed by atoms with Crippen LogP contribution in [-0.4, -0.2) is 34.8 Å². The molecule has 1 atom stereocenters. The number of likely N-dealkylation sites (tertiary alicyclic amines) is 1. The number of hydrogen-bond donors (Lipinski definition) is 1. The summed E-state index contributed by atoms with van der Waals surface area (Å²) in [6.07, 6.45) is 2.64. The Bertz CT molecular complexity index is 1410. The molecule has 0 spiro atoms. The molecule has 0 bridgehead atoms. The summed E-state index contributed by atoms with van der Waals surface area (Å²) in [5.74, 6) is 0.800. The van der Waals surface area contributed by atoms with E-state index in [4.69, 9.17) is 4.42 Å². The van der Waals surface area contributed by atoms with Gasteiger partial charge in [-0.3, -0.25) is 9.59 Å². The first-order chi connectivity index (χ1) is 18.4. The van der Waals surface area contributed by atoms with Crippen LogP contribution in [0, 0.1) is 18.8 Å². The first-order valence-corrected chi connectivity index (χ1v) is 13.5. The van der Waals surface area contributed by atoms with Crippen LogP contribution in [0.2, 0.25) is 0 Å². The molecule has 1 aliphatic rings. The summed E-state index contributed by atoms with van der Waals surface area (Å²) in [4.78, 5) is 32.6. The Hall–Kier alpha value is -3.93. The number of oxazole rings is 1. The third kappa shape index (κ3) is 5.64. The summed E-state index contributed by atoms with van der Waals surface area (Å²) in [5, 5.41) is 3.09. The second-order valence-electron chi connectivity index (χ2n) is 10.4. The normalized spacial score (nSPS) is 15.0. The lowest BCUT2D eigenvalue weighted by Crippen LogP contribution is -2.42. The Morgan fingerprint density at radius 2 is 1.68 bits per heavy atom. The maximum atomic E-state index is 13.3. The van der Waals surface area contributed by atoms with E-state index in [2.05, 4.69) is 41.5 Å². The maximum absolute atomic E-state index is 13.3. The minimum atomic E-state index is -0.0890. The largest absolute Gasteiger partial charge is 0.436 e. The van der Waals surface area contributed by atoms with E-state index in [1.807, 2.05) is 61.2 Å². The van der Waals surface area contributed by atoms with E-state index < -0.39 is 0 Å². The van der Waals surface area contributed by atoms with Crippen LogP contribution in [0.15, 0.2) is 71.1 Å². The lowest BCUT2D eigenvalue weighted by atomic mass is 9.84. The maximum Gasteiger partial charge on any atom is 0.253 e. The zero-order valence-electron chi connectivity index (χ0n) is 22.4. The summed E-state index contributed by atoms with van der Waals surface area (Å²) in [5.41, 5.74) is 6.44. The molecule has 5 rings (SSSR count). The van der Waals surface area contributed by atoms with Crippen LogP contribution >= 0.6 is 0 Å². The highest BCUT2D eigenvalue weighted by Gasteiger charge is 2.30. The summed E-state index contributed by atoms with van der Waals surface area (Å²) in [6, 6.07) is 21.8. The molecule has 1 aliphatic heterocycles. The molecule has 1 N–H and O–H groups in total. The average Bonchev–Trinajstić information content (AvgIpc) is 3.39. The zero-order valence-corrected chi connectivity index (χ0v) is 22.4. The molecule has 4 aromatic rings. The number of nitrogens with zero attached hydrogens (tertiary/aromatic N) is 2.